The van der Waals surface area contributed by atoms with Crippen molar-refractivity contribution in [1.82, 2.24) is 0 Å². The van der Waals surface area contributed by atoms with Gasteiger partial charge >= 0.3 is 0 Å². The lowest BCUT2D eigenvalue weighted by Crippen LogP contribution is -1.98. The summed E-state index contributed by atoms with van der Waals surface area (Å²) in [6.45, 7) is 1.48. The zero-order valence-electron chi connectivity index (χ0n) is 11.7. The van der Waals surface area contributed by atoms with Crippen molar-refractivity contribution < 1.29 is 9.18 Å². The standard InChI is InChI=1S/C17H14ClFOS/c1-11(20)16(12-5-9-15(21-2)10-6-12)17(18)13-3-7-14(19)8-4-13/h3-10H,1-2H3. The SMILES string of the molecule is CSc1ccc(C(C(C)=O)=C(Cl)c2ccc(F)cc2)cc1. The third-order valence-corrected chi connectivity index (χ3v) is 4.20. The number of hydrogen-bond donors (Lipinski definition) is 0. The van der Waals surface area contributed by atoms with Crippen LogP contribution in [-0.4, -0.2) is 12.0 Å². The summed E-state index contributed by atoms with van der Waals surface area (Å²) in [5.74, 6) is -0.460. The highest BCUT2D eigenvalue weighted by Gasteiger charge is 2.14. The Labute approximate surface area is 132 Å². The Morgan fingerprint density at radius 3 is 2.00 bits per heavy atom. The zero-order valence-corrected chi connectivity index (χ0v) is 13.3. The fourth-order valence-corrected chi connectivity index (χ4v) is 2.76. The first-order chi connectivity index (χ1) is 10.0. The van der Waals surface area contributed by atoms with Crippen LogP contribution in [0.1, 0.15) is 18.1 Å². The molecule has 0 aliphatic carbocycles. The predicted octanol–water partition coefficient (Wildman–Crippen LogP) is 5.24. The van der Waals surface area contributed by atoms with Gasteiger partial charge in [0.2, 0.25) is 0 Å². The van der Waals surface area contributed by atoms with Gasteiger partial charge in [-0.2, -0.15) is 0 Å². The van der Waals surface area contributed by atoms with E-state index in [0.717, 1.165) is 10.5 Å². The molecule has 0 radical (unpaired) electrons. The Balaban J connectivity index is 2.52. The van der Waals surface area contributed by atoms with E-state index in [0.29, 0.717) is 16.2 Å². The first-order valence-electron chi connectivity index (χ1n) is 6.34. The lowest BCUT2D eigenvalue weighted by Gasteiger charge is -2.09. The van der Waals surface area contributed by atoms with Crippen LogP contribution >= 0.6 is 23.4 Å². The van der Waals surface area contributed by atoms with Gasteiger partial charge in [0.15, 0.2) is 5.78 Å². The van der Waals surface area contributed by atoms with E-state index in [1.165, 1.54) is 19.1 Å². The Morgan fingerprint density at radius 2 is 1.52 bits per heavy atom. The second-order valence-corrected chi connectivity index (χ2v) is 5.74. The molecule has 0 unspecified atom stereocenters. The highest BCUT2D eigenvalue weighted by atomic mass is 35.5. The molecule has 0 atom stereocenters. The van der Waals surface area contributed by atoms with Gasteiger partial charge in [-0.1, -0.05) is 35.9 Å². The maximum Gasteiger partial charge on any atom is 0.161 e. The van der Waals surface area contributed by atoms with Crippen LogP contribution in [0.5, 0.6) is 0 Å². The molecule has 0 amide bonds. The summed E-state index contributed by atoms with van der Waals surface area (Å²) in [6.07, 6.45) is 1.99. The molecule has 0 spiro atoms. The summed E-state index contributed by atoms with van der Waals surface area (Å²) in [5, 5.41) is 0.333. The molecule has 0 bridgehead atoms. The van der Waals surface area contributed by atoms with Gasteiger partial charge < -0.3 is 0 Å². The minimum Gasteiger partial charge on any atom is -0.294 e. The number of Topliss-reactive ketones (excluding diaryl/α,β-unsaturated/α-hetero) is 1. The summed E-state index contributed by atoms with van der Waals surface area (Å²) < 4.78 is 13.0. The number of allylic oxidation sites excluding steroid dienone is 1. The molecule has 1 nitrogen and oxygen atoms in total. The van der Waals surface area contributed by atoms with Crippen LogP contribution in [0, 0.1) is 5.82 Å². The second kappa shape index (κ2) is 6.92. The van der Waals surface area contributed by atoms with E-state index >= 15 is 0 Å². The van der Waals surface area contributed by atoms with E-state index in [2.05, 4.69) is 0 Å². The van der Waals surface area contributed by atoms with Gasteiger partial charge in [0.1, 0.15) is 5.82 Å². The van der Waals surface area contributed by atoms with Gasteiger partial charge in [-0.15, -0.1) is 11.8 Å². The molecule has 108 valence electrons. The molecule has 0 fully saturated rings. The maximum absolute atomic E-state index is 13.0. The molecule has 2 aromatic rings. The number of thioether (sulfide) groups is 1. The number of hydrogen-bond acceptors (Lipinski definition) is 2. The van der Waals surface area contributed by atoms with Crippen molar-refractivity contribution in [3.63, 3.8) is 0 Å². The van der Waals surface area contributed by atoms with Crippen molar-refractivity contribution in [1.29, 1.82) is 0 Å². The van der Waals surface area contributed by atoms with Crippen LogP contribution in [0.2, 0.25) is 0 Å². The Hall–Kier alpha value is -1.58. The first kappa shape index (κ1) is 15.8. The van der Waals surface area contributed by atoms with Crippen LogP contribution in [-0.2, 0) is 4.79 Å². The fourth-order valence-electron chi connectivity index (χ4n) is 1.98. The molecule has 0 aliphatic heterocycles. The van der Waals surface area contributed by atoms with Gasteiger partial charge in [0.25, 0.3) is 0 Å². The van der Waals surface area contributed by atoms with Gasteiger partial charge in [-0.3, -0.25) is 4.79 Å². The molecule has 0 saturated carbocycles. The Kier molecular flexibility index (Phi) is 5.21. The lowest BCUT2D eigenvalue weighted by molar-refractivity contribution is -0.111. The molecule has 2 rings (SSSR count). The minimum absolute atomic E-state index is 0.124. The van der Waals surface area contributed by atoms with E-state index in [1.807, 2.05) is 30.5 Å². The van der Waals surface area contributed by atoms with Crippen molar-refractivity contribution in [2.45, 2.75) is 11.8 Å². The minimum atomic E-state index is -0.336. The number of carbonyl (C=O) groups excluding carboxylic acids is 1. The quantitative estimate of drug-likeness (QED) is 0.435. The number of benzene rings is 2. The molecule has 0 saturated heterocycles. The van der Waals surface area contributed by atoms with Gasteiger partial charge in [-0.25, -0.2) is 4.39 Å². The summed E-state index contributed by atoms with van der Waals surface area (Å²) >= 11 is 7.99. The zero-order chi connectivity index (χ0) is 15.4. The van der Waals surface area contributed by atoms with E-state index < -0.39 is 0 Å². The molecule has 0 heterocycles. The molecule has 2 aromatic carbocycles. The average Bonchev–Trinajstić information content (AvgIpc) is 2.48. The molecule has 0 N–H and O–H groups in total. The molecule has 21 heavy (non-hydrogen) atoms. The predicted molar refractivity (Wildman–Crippen MR) is 88.0 cm³/mol. The highest BCUT2D eigenvalue weighted by molar-refractivity contribution is 7.98. The number of rotatable bonds is 4. The van der Waals surface area contributed by atoms with Crippen molar-refractivity contribution in [3.05, 3.63) is 65.5 Å². The number of carbonyl (C=O) groups is 1. The van der Waals surface area contributed by atoms with Crippen molar-refractivity contribution in [3.8, 4) is 0 Å². The first-order valence-corrected chi connectivity index (χ1v) is 7.94. The smallest absolute Gasteiger partial charge is 0.161 e. The van der Waals surface area contributed by atoms with Crippen molar-refractivity contribution >= 4 is 39.8 Å². The molecule has 0 aromatic heterocycles. The van der Waals surface area contributed by atoms with Gasteiger partial charge in [0.05, 0.1) is 5.03 Å². The third-order valence-electron chi connectivity index (χ3n) is 3.05. The van der Waals surface area contributed by atoms with E-state index in [1.54, 1.807) is 23.9 Å². The molecular formula is C17H14ClFOS. The summed E-state index contributed by atoms with van der Waals surface area (Å²) in [6, 6.07) is 13.4. The van der Waals surface area contributed by atoms with Crippen LogP contribution < -0.4 is 0 Å². The van der Waals surface area contributed by atoms with Crippen molar-refractivity contribution in [2.24, 2.45) is 0 Å². The molecular weight excluding hydrogens is 307 g/mol. The Bertz CT molecular complexity index is 675. The number of ketones is 1. The van der Waals surface area contributed by atoms with Crippen LogP contribution in [0.4, 0.5) is 4.39 Å². The van der Waals surface area contributed by atoms with Crippen LogP contribution in [0.3, 0.4) is 0 Å². The highest BCUT2D eigenvalue weighted by Crippen LogP contribution is 2.31. The van der Waals surface area contributed by atoms with Crippen LogP contribution in [0.25, 0.3) is 10.6 Å². The topological polar surface area (TPSA) is 17.1 Å². The fraction of sp³-hybridized carbons (Fsp3) is 0.118. The summed E-state index contributed by atoms with van der Waals surface area (Å²) in [7, 11) is 0. The maximum atomic E-state index is 13.0. The second-order valence-electron chi connectivity index (χ2n) is 4.48. The monoisotopic (exact) mass is 320 g/mol. The van der Waals surface area contributed by atoms with Gasteiger partial charge in [-0.05, 0) is 48.6 Å². The van der Waals surface area contributed by atoms with E-state index in [4.69, 9.17) is 11.6 Å². The van der Waals surface area contributed by atoms with Gasteiger partial charge in [0, 0.05) is 10.5 Å². The summed E-state index contributed by atoms with van der Waals surface area (Å²) in [5.41, 5.74) is 1.82. The van der Waals surface area contributed by atoms with E-state index in [-0.39, 0.29) is 11.6 Å². The normalized spacial score (nSPS) is 12.0. The van der Waals surface area contributed by atoms with E-state index in [9.17, 15) is 9.18 Å². The number of halogens is 2. The Morgan fingerprint density at radius 1 is 1.00 bits per heavy atom. The molecule has 4 heteroatoms. The van der Waals surface area contributed by atoms with Crippen molar-refractivity contribution in [2.75, 3.05) is 6.26 Å². The largest absolute Gasteiger partial charge is 0.294 e. The molecule has 0 aliphatic rings. The third kappa shape index (κ3) is 3.74. The summed E-state index contributed by atoms with van der Waals surface area (Å²) in [4.78, 5) is 13.1. The lowest BCUT2D eigenvalue weighted by atomic mass is 9.99. The average molecular weight is 321 g/mol. The van der Waals surface area contributed by atoms with Crippen LogP contribution in [0.15, 0.2) is 53.4 Å².